The van der Waals surface area contributed by atoms with E-state index in [1.54, 1.807) is 0 Å². The van der Waals surface area contributed by atoms with Crippen molar-refractivity contribution >= 4 is 17.7 Å². The highest BCUT2D eigenvalue weighted by atomic mass is 16.4. The van der Waals surface area contributed by atoms with Crippen LogP contribution in [0.3, 0.4) is 0 Å². The fourth-order valence-corrected chi connectivity index (χ4v) is 2.53. The van der Waals surface area contributed by atoms with Gasteiger partial charge in [0.1, 0.15) is 6.54 Å². The number of carboxylic acid groups (broad SMARTS) is 1. The average molecular weight is 295 g/mol. The number of nitrogens with one attached hydrogen (secondary N) is 2. The number of hydrogen-bond acceptors (Lipinski definition) is 4. The highest BCUT2D eigenvalue weighted by Crippen LogP contribution is 2.14. The minimum atomic E-state index is -0.971. The van der Waals surface area contributed by atoms with Crippen LogP contribution in [0.5, 0.6) is 0 Å². The Kier molecular flexibility index (Phi) is 5.15. The Morgan fingerprint density at radius 2 is 2.24 bits per heavy atom. The van der Waals surface area contributed by atoms with Crippen molar-refractivity contribution in [3.8, 4) is 0 Å². The molecule has 2 amide bonds. The average Bonchev–Trinajstić information content (AvgIpc) is 2.87. The molecule has 0 radical (unpaired) electrons. The monoisotopic (exact) mass is 295 g/mol. The van der Waals surface area contributed by atoms with E-state index < -0.39 is 5.97 Å². The molecule has 21 heavy (non-hydrogen) atoms. The molecule has 1 aromatic rings. The lowest BCUT2D eigenvalue weighted by atomic mass is 10.1. The smallest absolute Gasteiger partial charge is 0.325 e. The first-order chi connectivity index (χ1) is 10.1. The summed E-state index contributed by atoms with van der Waals surface area (Å²) in [6, 6.07) is 0.0737. The normalized spacial score (nSPS) is 15.7. The highest BCUT2D eigenvalue weighted by Gasteiger charge is 2.24. The number of hydrogen-bond donors (Lipinski definition) is 3. The largest absolute Gasteiger partial charge is 0.480 e. The summed E-state index contributed by atoms with van der Waals surface area (Å²) in [5.74, 6) is -0.971. The summed E-state index contributed by atoms with van der Waals surface area (Å²) in [6.07, 6.45) is 4.86. The number of anilines is 1. The summed E-state index contributed by atoms with van der Waals surface area (Å²) in [4.78, 5) is 24.7. The molecule has 0 unspecified atom stereocenters. The van der Waals surface area contributed by atoms with Gasteiger partial charge in [-0.3, -0.25) is 9.48 Å². The van der Waals surface area contributed by atoms with E-state index in [4.69, 9.17) is 5.11 Å². The molecule has 0 bridgehead atoms. The molecule has 116 valence electrons. The van der Waals surface area contributed by atoms with Gasteiger partial charge in [-0.05, 0) is 32.9 Å². The van der Waals surface area contributed by atoms with Gasteiger partial charge in [-0.1, -0.05) is 0 Å². The highest BCUT2D eigenvalue weighted by molar-refractivity contribution is 5.89. The SMILES string of the molecule is CCN(C(=O)Nc1cnn(CC(=O)O)c1)C1CCNCC1. The number of piperidine rings is 1. The Morgan fingerprint density at radius 3 is 2.86 bits per heavy atom. The van der Waals surface area contributed by atoms with Crippen LogP contribution >= 0.6 is 0 Å². The zero-order valence-corrected chi connectivity index (χ0v) is 12.1. The second kappa shape index (κ2) is 7.07. The molecule has 2 rings (SSSR count). The summed E-state index contributed by atoms with van der Waals surface area (Å²) >= 11 is 0. The molecule has 1 fully saturated rings. The van der Waals surface area contributed by atoms with E-state index in [1.165, 1.54) is 17.1 Å². The Labute approximate surface area is 123 Å². The number of aliphatic carboxylic acids is 1. The van der Waals surface area contributed by atoms with Crippen molar-refractivity contribution in [2.45, 2.75) is 32.4 Å². The number of carbonyl (C=O) groups is 2. The zero-order chi connectivity index (χ0) is 15.2. The molecule has 2 heterocycles. The predicted molar refractivity (Wildman–Crippen MR) is 77.2 cm³/mol. The molecule has 1 aliphatic heterocycles. The van der Waals surface area contributed by atoms with Crippen molar-refractivity contribution in [2.75, 3.05) is 25.0 Å². The standard InChI is InChI=1S/C13H21N5O3/c1-2-18(11-3-5-14-6-4-11)13(21)16-10-7-15-17(8-10)9-12(19)20/h7-8,11,14H,2-6,9H2,1H3,(H,16,21)(H,19,20). The summed E-state index contributed by atoms with van der Waals surface area (Å²) in [7, 11) is 0. The van der Waals surface area contributed by atoms with Crippen molar-refractivity contribution in [3.05, 3.63) is 12.4 Å². The van der Waals surface area contributed by atoms with Crippen molar-refractivity contribution in [1.29, 1.82) is 0 Å². The van der Waals surface area contributed by atoms with Gasteiger partial charge in [0.15, 0.2) is 0 Å². The van der Waals surface area contributed by atoms with Crippen molar-refractivity contribution in [1.82, 2.24) is 20.0 Å². The van der Waals surface area contributed by atoms with Crippen LogP contribution in [0, 0.1) is 0 Å². The molecule has 1 aromatic heterocycles. The first kappa shape index (κ1) is 15.3. The summed E-state index contributed by atoms with van der Waals surface area (Å²) in [6.45, 7) is 4.22. The Hall–Kier alpha value is -2.09. The van der Waals surface area contributed by atoms with E-state index >= 15 is 0 Å². The Balaban J connectivity index is 1.95. The molecule has 0 spiro atoms. The van der Waals surface area contributed by atoms with Gasteiger partial charge in [0.2, 0.25) is 0 Å². The van der Waals surface area contributed by atoms with Crippen LogP contribution in [0.15, 0.2) is 12.4 Å². The molecule has 0 atom stereocenters. The predicted octanol–water partition coefficient (Wildman–Crippen LogP) is 0.574. The van der Waals surface area contributed by atoms with E-state index in [1.807, 2.05) is 11.8 Å². The van der Waals surface area contributed by atoms with Crippen LogP contribution < -0.4 is 10.6 Å². The first-order valence-corrected chi connectivity index (χ1v) is 7.12. The lowest BCUT2D eigenvalue weighted by Gasteiger charge is -2.33. The van der Waals surface area contributed by atoms with Gasteiger partial charge in [-0.2, -0.15) is 5.10 Å². The maximum atomic E-state index is 12.3. The second-order valence-electron chi connectivity index (χ2n) is 5.02. The zero-order valence-electron chi connectivity index (χ0n) is 12.1. The third-order valence-corrected chi connectivity index (χ3v) is 3.53. The van der Waals surface area contributed by atoms with Crippen LogP contribution in [0.4, 0.5) is 10.5 Å². The number of urea groups is 1. The number of carbonyl (C=O) groups excluding carboxylic acids is 1. The third kappa shape index (κ3) is 4.19. The van der Waals surface area contributed by atoms with E-state index in [9.17, 15) is 9.59 Å². The van der Waals surface area contributed by atoms with Gasteiger partial charge >= 0.3 is 12.0 Å². The topological polar surface area (TPSA) is 99.5 Å². The molecule has 1 aliphatic rings. The summed E-state index contributed by atoms with van der Waals surface area (Å²) < 4.78 is 1.28. The van der Waals surface area contributed by atoms with Crippen molar-refractivity contribution in [2.24, 2.45) is 0 Å². The van der Waals surface area contributed by atoms with Gasteiger partial charge in [0.25, 0.3) is 0 Å². The molecule has 0 aliphatic carbocycles. The Morgan fingerprint density at radius 1 is 1.52 bits per heavy atom. The number of aromatic nitrogens is 2. The summed E-state index contributed by atoms with van der Waals surface area (Å²) in [5.41, 5.74) is 0.508. The molecule has 0 aromatic carbocycles. The van der Waals surface area contributed by atoms with E-state index in [0.717, 1.165) is 25.9 Å². The molecule has 8 heteroatoms. The maximum Gasteiger partial charge on any atom is 0.325 e. The maximum absolute atomic E-state index is 12.3. The lowest BCUT2D eigenvalue weighted by molar-refractivity contribution is -0.137. The van der Waals surface area contributed by atoms with E-state index in [2.05, 4.69) is 15.7 Å². The lowest BCUT2D eigenvalue weighted by Crippen LogP contribution is -2.47. The van der Waals surface area contributed by atoms with Gasteiger partial charge in [0.05, 0.1) is 11.9 Å². The fraction of sp³-hybridized carbons (Fsp3) is 0.615. The minimum absolute atomic E-state index is 0.167. The third-order valence-electron chi connectivity index (χ3n) is 3.53. The number of nitrogens with zero attached hydrogens (tertiary/aromatic N) is 3. The van der Waals surface area contributed by atoms with Gasteiger partial charge in [-0.15, -0.1) is 0 Å². The first-order valence-electron chi connectivity index (χ1n) is 7.12. The quantitative estimate of drug-likeness (QED) is 0.737. The molecule has 8 nitrogen and oxygen atoms in total. The van der Waals surface area contributed by atoms with E-state index in [-0.39, 0.29) is 18.6 Å². The number of carboxylic acids is 1. The molecule has 1 saturated heterocycles. The summed E-state index contributed by atoms with van der Waals surface area (Å²) in [5, 5.41) is 18.6. The fourth-order valence-electron chi connectivity index (χ4n) is 2.53. The van der Waals surface area contributed by atoms with Crippen LogP contribution in [0.2, 0.25) is 0 Å². The molecule has 3 N–H and O–H groups in total. The number of amides is 2. The molecular weight excluding hydrogens is 274 g/mol. The minimum Gasteiger partial charge on any atom is -0.480 e. The van der Waals surface area contributed by atoms with E-state index in [0.29, 0.717) is 12.2 Å². The Bertz CT molecular complexity index is 496. The van der Waals surface area contributed by atoms with Gasteiger partial charge in [0, 0.05) is 18.8 Å². The van der Waals surface area contributed by atoms with Crippen LogP contribution in [0.1, 0.15) is 19.8 Å². The van der Waals surface area contributed by atoms with Crippen LogP contribution in [-0.2, 0) is 11.3 Å². The molecule has 0 saturated carbocycles. The molecular formula is C13H21N5O3. The van der Waals surface area contributed by atoms with Gasteiger partial charge < -0.3 is 20.6 Å². The number of rotatable bonds is 5. The van der Waals surface area contributed by atoms with Crippen LogP contribution in [0.25, 0.3) is 0 Å². The van der Waals surface area contributed by atoms with Crippen LogP contribution in [-0.4, -0.2) is 57.5 Å². The van der Waals surface area contributed by atoms with Crippen molar-refractivity contribution < 1.29 is 14.7 Å². The van der Waals surface area contributed by atoms with Crippen molar-refractivity contribution in [3.63, 3.8) is 0 Å². The van der Waals surface area contributed by atoms with Gasteiger partial charge in [-0.25, -0.2) is 4.79 Å². The second-order valence-corrected chi connectivity index (χ2v) is 5.02.